The third-order valence-corrected chi connectivity index (χ3v) is 7.69. The van der Waals surface area contributed by atoms with E-state index in [0.29, 0.717) is 0 Å². The van der Waals surface area contributed by atoms with E-state index < -0.39 is 0 Å². The van der Waals surface area contributed by atoms with Gasteiger partial charge in [-0.15, -0.1) is 0 Å². The molecule has 2 aromatic carbocycles. The molecule has 0 saturated heterocycles. The maximum Gasteiger partial charge on any atom is 0.215 e. The van der Waals surface area contributed by atoms with E-state index in [1.807, 2.05) is 0 Å². The van der Waals surface area contributed by atoms with Gasteiger partial charge in [0.05, 0.1) is 6.61 Å². The molecule has 0 spiro atoms. The summed E-state index contributed by atoms with van der Waals surface area (Å²) in [6.07, 6.45) is 23.4. The van der Waals surface area contributed by atoms with Crippen LogP contribution < -0.4 is 4.52 Å². The van der Waals surface area contributed by atoms with Gasteiger partial charge in [0.15, 0.2) is 0 Å². The van der Waals surface area contributed by atoms with Crippen LogP contribution in [0, 0.1) is 0 Å². The molecular formula is C34H55O2P. The van der Waals surface area contributed by atoms with Crippen LogP contribution in [0.25, 0.3) is 0 Å². The minimum atomic E-state index is -0.0253. The van der Waals surface area contributed by atoms with Crippen LogP contribution in [0.3, 0.4) is 0 Å². The van der Waals surface area contributed by atoms with Gasteiger partial charge in [-0.2, -0.15) is 0 Å². The van der Waals surface area contributed by atoms with Gasteiger partial charge in [-0.3, -0.25) is 0 Å². The number of hydrogen-bond acceptors (Lipinski definition) is 2. The lowest BCUT2D eigenvalue weighted by Gasteiger charge is -2.26. The summed E-state index contributed by atoms with van der Waals surface area (Å²) in [5.41, 5.74) is 2.58. The van der Waals surface area contributed by atoms with Crippen molar-refractivity contribution in [3.05, 3.63) is 77.9 Å². The molecule has 3 heteroatoms. The summed E-state index contributed by atoms with van der Waals surface area (Å²) in [4.78, 5) is 0. The Kier molecular flexibility index (Phi) is 19.2. The number of rotatable bonds is 21. The van der Waals surface area contributed by atoms with Gasteiger partial charge in [0.1, 0.15) is 5.75 Å². The van der Waals surface area contributed by atoms with Crippen LogP contribution >= 0.6 is 9.03 Å². The second-order valence-corrected chi connectivity index (χ2v) is 11.1. The summed E-state index contributed by atoms with van der Waals surface area (Å²) in [6, 6.07) is 19.1. The highest BCUT2D eigenvalue weighted by atomic mass is 31.1. The first-order valence-electron chi connectivity index (χ1n) is 14.5. The molecule has 0 aliphatic rings. The molecule has 0 aliphatic heterocycles. The largest absolute Gasteiger partial charge is 0.450 e. The molecule has 0 radical (unpaired) electrons. The van der Waals surface area contributed by atoms with Crippen LogP contribution in [-0.2, 0) is 9.94 Å². The SMILES string of the molecule is C.CCCCCCCC/C=C/CCCCCCCCOPOc1ccc(C(C)(C)c2ccccc2)cc1. The molecular weight excluding hydrogens is 471 g/mol. The van der Waals surface area contributed by atoms with Crippen LogP contribution in [0.15, 0.2) is 66.7 Å². The highest BCUT2D eigenvalue weighted by molar-refractivity contribution is 7.26. The quantitative estimate of drug-likeness (QED) is 0.0914. The zero-order valence-corrected chi connectivity index (χ0v) is 24.3. The van der Waals surface area contributed by atoms with Crippen molar-refractivity contribution in [3.63, 3.8) is 0 Å². The predicted molar refractivity (Wildman–Crippen MR) is 166 cm³/mol. The third-order valence-electron chi connectivity index (χ3n) is 7.05. The number of allylic oxidation sites excluding steroid dienone is 2. The summed E-state index contributed by atoms with van der Waals surface area (Å²) in [6.45, 7) is 7.60. The topological polar surface area (TPSA) is 18.5 Å². The Hall–Kier alpha value is -1.63. The molecule has 37 heavy (non-hydrogen) atoms. The standard InChI is InChI=1S/C33H51O2P.CH4/c1-4-5-6-7-8-9-10-11-12-13-14-15-16-17-18-22-29-34-36-35-32-27-25-31(26-28-32)33(2,3)30-23-20-19-21-24-30;/h11-12,19-21,23-28,36H,4-10,13-18,22,29H2,1-3H3;1H4/b12-11+;. The van der Waals surface area contributed by atoms with E-state index in [0.717, 1.165) is 18.8 Å². The van der Waals surface area contributed by atoms with Crippen molar-refractivity contribution in [2.24, 2.45) is 0 Å². The molecule has 0 aromatic heterocycles. The van der Waals surface area contributed by atoms with Crippen molar-refractivity contribution in [2.45, 2.75) is 124 Å². The molecule has 0 bridgehead atoms. The molecule has 1 atom stereocenters. The molecule has 0 N–H and O–H groups in total. The third kappa shape index (κ3) is 14.8. The number of unbranched alkanes of at least 4 members (excludes halogenated alkanes) is 12. The van der Waals surface area contributed by atoms with E-state index in [9.17, 15) is 0 Å². The molecule has 0 aliphatic carbocycles. The van der Waals surface area contributed by atoms with E-state index in [4.69, 9.17) is 9.05 Å². The van der Waals surface area contributed by atoms with Crippen LogP contribution in [0.1, 0.15) is 129 Å². The monoisotopic (exact) mass is 526 g/mol. The molecule has 2 nitrogen and oxygen atoms in total. The minimum absolute atomic E-state index is 0. The molecule has 208 valence electrons. The first-order chi connectivity index (χ1) is 17.6. The first-order valence-corrected chi connectivity index (χ1v) is 15.3. The fraction of sp³-hybridized carbons (Fsp3) is 0.588. The van der Waals surface area contributed by atoms with Gasteiger partial charge in [-0.25, -0.2) is 0 Å². The Morgan fingerprint density at radius 1 is 0.649 bits per heavy atom. The van der Waals surface area contributed by atoms with Gasteiger partial charge in [0.25, 0.3) is 0 Å². The Morgan fingerprint density at radius 2 is 1.16 bits per heavy atom. The van der Waals surface area contributed by atoms with E-state index >= 15 is 0 Å². The molecule has 1 unspecified atom stereocenters. The summed E-state index contributed by atoms with van der Waals surface area (Å²) in [7, 11) is 0.0692. The van der Waals surface area contributed by atoms with Crippen molar-refractivity contribution in [2.75, 3.05) is 6.61 Å². The predicted octanol–water partition coefficient (Wildman–Crippen LogP) is 11.6. The molecule has 0 saturated carbocycles. The van der Waals surface area contributed by atoms with Gasteiger partial charge in [0, 0.05) is 5.41 Å². The van der Waals surface area contributed by atoms with E-state index in [1.165, 1.54) is 94.6 Å². The van der Waals surface area contributed by atoms with Crippen molar-refractivity contribution < 1.29 is 9.05 Å². The van der Waals surface area contributed by atoms with Crippen LogP contribution in [0.5, 0.6) is 5.75 Å². The van der Waals surface area contributed by atoms with E-state index in [2.05, 4.69) is 87.5 Å². The highest BCUT2D eigenvalue weighted by Gasteiger charge is 2.22. The minimum Gasteiger partial charge on any atom is -0.450 e. The Morgan fingerprint density at radius 3 is 1.76 bits per heavy atom. The fourth-order valence-electron chi connectivity index (χ4n) is 4.50. The van der Waals surface area contributed by atoms with Crippen molar-refractivity contribution in [1.29, 1.82) is 0 Å². The maximum absolute atomic E-state index is 5.81. The number of hydrogen-bond donors (Lipinski definition) is 0. The van der Waals surface area contributed by atoms with Crippen LogP contribution in [0.4, 0.5) is 0 Å². The van der Waals surface area contributed by atoms with Crippen LogP contribution in [0.2, 0.25) is 0 Å². The molecule has 2 aromatic rings. The van der Waals surface area contributed by atoms with Gasteiger partial charge in [-0.05, 0) is 55.4 Å². The van der Waals surface area contributed by atoms with E-state index in [1.54, 1.807) is 0 Å². The fourth-order valence-corrected chi connectivity index (χ4v) is 5.02. The zero-order valence-electron chi connectivity index (χ0n) is 23.3. The van der Waals surface area contributed by atoms with Gasteiger partial charge < -0.3 is 9.05 Å². The maximum atomic E-state index is 5.81. The van der Waals surface area contributed by atoms with Crippen molar-refractivity contribution >= 4 is 9.03 Å². The summed E-state index contributed by atoms with van der Waals surface area (Å²) < 4.78 is 11.5. The first kappa shape index (κ1) is 33.4. The van der Waals surface area contributed by atoms with E-state index in [-0.39, 0.29) is 21.9 Å². The average molecular weight is 527 g/mol. The Bertz CT molecular complexity index is 798. The summed E-state index contributed by atoms with van der Waals surface area (Å²) >= 11 is 0. The lowest BCUT2D eigenvalue weighted by molar-refractivity contribution is 0.316. The van der Waals surface area contributed by atoms with Gasteiger partial charge in [-0.1, -0.05) is 141 Å². The molecule has 0 amide bonds. The Balaban J connectivity index is 0.00000684. The summed E-state index contributed by atoms with van der Waals surface area (Å²) in [5, 5.41) is 0. The second-order valence-electron chi connectivity index (χ2n) is 10.5. The van der Waals surface area contributed by atoms with Crippen LogP contribution in [-0.4, -0.2) is 6.61 Å². The highest BCUT2D eigenvalue weighted by Crippen LogP contribution is 2.33. The molecule has 2 rings (SSSR count). The van der Waals surface area contributed by atoms with Crippen molar-refractivity contribution in [1.82, 2.24) is 0 Å². The lowest BCUT2D eigenvalue weighted by atomic mass is 9.78. The van der Waals surface area contributed by atoms with Gasteiger partial charge in [0.2, 0.25) is 9.03 Å². The smallest absolute Gasteiger partial charge is 0.215 e. The van der Waals surface area contributed by atoms with Gasteiger partial charge >= 0.3 is 0 Å². The second kappa shape index (κ2) is 21.3. The van der Waals surface area contributed by atoms with Crippen molar-refractivity contribution in [3.8, 4) is 5.75 Å². The molecule has 0 heterocycles. The zero-order chi connectivity index (χ0) is 25.7. The Labute approximate surface area is 231 Å². The number of benzene rings is 2. The lowest BCUT2D eigenvalue weighted by Crippen LogP contribution is -2.18. The average Bonchev–Trinajstić information content (AvgIpc) is 2.91. The normalized spacial score (nSPS) is 11.9. The molecule has 0 fully saturated rings. The summed E-state index contributed by atoms with van der Waals surface area (Å²) in [5.74, 6) is 0.877.